The van der Waals surface area contributed by atoms with Crippen molar-refractivity contribution in [1.82, 2.24) is 0 Å². The van der Waals surface area contributed by atoms with Gasteiger partial charge in [-0.3, -0.25) is 0 Å². The van der Waals surface area contributed by atoms with Crippen molar-refractivity contribution in [3.05, 3.63) is 32.6 Å². The quantitative estimate of drug-likeness (QED) is 0.834. The molecule has 1 N–H and O–H groups in total. The Hall–Kier alpha value is -0.770. The molecule has 15 heavy (non-hydrogen) atoms. The topological polar surface area (TPSA) is 37.3 Å². The Morgan fingerprint density at radius 1 is 1.40 bits per heavy atom. The number of carboxylic acid groups (broad SMARTS) is 1. The van der Waals surface area contributed by atoms with E-state index in [1.54, 1.807) is 19.1 Å². The maximum absolute atomic E-state index is 10.9. The van der Waals surface area contributed by atoms with E-state index in [2.05, 4.69) is 0 Å². The molecule has 0 unspecified atom stereocenters. The largest absolute Gasteiger partial charge is 0.477 e. The van der Waals surface area contributed by atoms with Gasteiger partial charge in [-0.25, -0.2) is 4.79 Å². The molecule has 0 aliphatic carbocycles. The van der Waals surface area contributed by atoms with Crippen LogP contribution in [0.15, 0.2) is 12.1 Å². The van der Waals surface area contributed by atoms with Gasteiger partial charge in [0.25, 0.3) is 0 Å². The van der Waals surface area contributed by atoms with Crippen LogP contribution in [0.3, 0.4) is 0 Å². The van der Waals surface area contributed by atoms with E-state index < -0.39 is 5.97 Å². The highest BCUT2D eigenvalue weighted by atomic mass is 35.5. The molecule has 2 nitrogen and oxygen atoms in total. The van der Waals surface area contributed by atoms with Crippen LogP contribution in [-0.4, -0.2) is 11.1 Å². The van der Waals surface area contributed by atoms with E-state index in [1.807, 2.05) is 0 Å². The third-order valence-corrected chi connectivity index (χ3v) is 3.88. The van der Waals surface area contributed by atoms with Crippen LogP contribution in [0.4, 0.5) is 0 Å². The number of halogens is 2. The zero-order valence-electron chi connectivity index (χ0n) is 7.67. The average Bonchev–Trinajstić information content (AvgIpc) is 2.42. The van der Waals surface area contributed by atoms with Gasteiger partial charge in [0.1, 0.15) is 4.88 Å². The van der Waals surface area contributed by atoms with Gasteiger partial charge in [0.2, 0.25) is 0 Å². The van der Waals surface area contributed by atoms with Crippen molar-refractivity contribution in [3.63, 3.8) is 0 Å². The molecule has 0 aliphatic rings. The van der Waals surface area contributed by atoms with Crippen molar-refractivity contribution < 1.29 is 9.90 Å². The van der Waals surface area contributed by atoms with Gasteiger partial charge in [-0.15, -0.1) is 11.3 Å². The molecule has 0 saturated carbocycles. The summed E-state index contributed by atoms with van der Waals surface area (Å²) < 4.78 is 0.808. The van der Waals surface area contributed by atoms with E-state index in [0.29, 0.717) is 20.5 Å². The minimum atomic E-state index is -0.930. The van der Waals surface area contributed by atoms with Gasteiger partial charge in [-0.1, -0.05) is 23.2 Å². The van der Waals surface area contributed by atoms with Gasteiger partial charge < -0.3 is 5.11 Å². The van der Waals surface area contributed by atoms with Crippen molar-refractivity contribution in [2.45, 2.75) is 6.92 Å². The predicted octanol–water partition coefficient (Wildman–Crippen LogP) is 4.21. The molecule has 1 aromatic heterocycles. The molecule has 2 aromatic rings. The second-order valence-electron chi connectivity index (χ2n) is 3.12. The molecule has 1 aromatic carbocycles. The number of hydrogen-bond donors (Lipinski definition) is 1. The van der Waals surface area contributed by atoms with Gasteiger partial charge in [-0.2, -0.15) is 0 Å². The van der Waals surface area contributed by atoms with Crippen LogP contribution in [0.1, 0.15) is 15.2 Å². The first-order valence-corrected chi connectivity index (χ1v) is 5.69. The number of hydrogen-bond acceptors (Lipinski definition) is 2. The third kappa shape index (κ3) is 1.71. The number of thiophene rings is 1. The summed E-state index contributed by atoms with van der Waals surface area (Å²) in [5.74, 6) is -0.930. The predicted molar refractivity (Wildman–Crippen MR) is 63.5 cm³/mol. The molecular formula is C10H6Cl2O2S. The molecule has 0 bridgehead atoms. The lowest BCUT2D eigenvalue weighted by molar-refractivity contribution is 0.0701. The number of carboxylic acids is 1. The van der Waals surface area contributed by atoms with Crippen molar-refractivity contribution in [2.75, 3.05) is 0 Å². The molecule has 0 spiro atoms. The summed E-state index contributed by atoms with van der Waals surface area (Å²) in [4.78, 5) is 11.2. The summed E-state index contributed by atoms with van der Waals surface area (Å²) in [6.07, 6.45) is 0. The molecular weight excluding hydrogens is 255 g/mol. The fourth-order valence-corrected chi connectivity index (χ4v) is 3.37. The van der Waals surface area contributed by atoms with E-state index in [1.165, 1.54) is 11.3 Å². The molecule has 0 saturated heterocycles. The van der Waals surface area contributed by atoms with Crippen LogP contribution in [0.2, 0.25) is 10.0 Å². The molecule has 0 amide bonds. The summed E-state index contributed by atoms with van der Waals surface area (Å²) in [7, 11) is 0. The number of aromatic carboxylic acids is 1. The Morgan fingerprint density at radius 3 is 2.67 bits per heavy atom. The van der Waals surface area contributed by atoms with Gasteiger partial charge in [-0.05, 0) is 24.6 Å². The fraction of sp³-hybridized carbons (Fsp3) is 0.100. The molecule has 0 fully saturated rings. The van der Waals surface area contributed by atoms with Gasteiger partial charge in [0, 0.05) is 15.1 Å². The number of aryl methyl sites for hydroxylation is 1. The zero-order valence-corrected chi connectivity index (χ0v) is 10.0. The highest BCUT2D eigenvalue weighted by Crippen LogP contribution is 2.37. The Bertz CT molecular complexity index is 560. The first kappa shape index (κ1) is 10.7. The maximum atomic E-state index is 10.9. The zero-order chi connectivity index (χ0) is 11.2. The first-order valence-electron chi connectivity index (χ1n) is 4.12. The monoisotopic (exact) mass is 260 g/mol. The molecule has 0 radical (unpaired) electrons. The fourth-order valence-electron chi connectivity index (χ4n) is 1.50. The van der Waals surface area contributed by atoms with Crippen LogP contribution in [-0.2, 0) is 0 Å². The van der Waals surface area contributed by atoms with Gasteiger partial charge >= 0.3 is 5.97 Å². The molecule has 0 atom stereocenters. The van der Waals surface area contributed by atoms with E-state index in [4.69, 9.17) is 28.3 Å². The van der Waals surface area contributed by atoms with E-state index in [9.17, 15) is 4.79 Å². The molecule has 1 heterocycles. The van der Waals surface area contributed by atoms with Crippen LogP contribution in [0.5, 0.6) is 0 Å². The Morgan fingerprint density at radius 2 is 2.07 bits per heavy atom. The smallest absolute Gasteiger partial charge is 0.346 e. The summed E-state index contributed by atoms with van der Waals surface area (Å²) in [6.45, 7) is 1.75. The van der Waals surface area contributed by atoms with Crippen molar-refractivity contribution >= 4 is 50.6 Å². The summed E-state index contributed by atoms with van der Waals surface area (Å²) in [5, 5.41) is 10.8. The van der Waals surface area contributed by atoms with Crippen LogP contribution in [0, 0.1) is 6.92 Å². The van der Waals surface area contributed by atoms with E-state index in [0.717, 1.165) is 10.1 Å². The summed E-state index contributed by atoms with van der Waals surface area (Å²) in [6, 6.07) is 3.35. The standard InChI is InChI=1S/C10H6Cl2O2S/c1-4-8-6(12)2-5(11)3-7(8)15-9(4)10(13)14/h2-3H,1H3,(H,13,14). The lowest BCUT2D eigenvalue weighted by Gasteiger charge is -1.97. The minimum Gasteiger partial charge on any atom is -0.477 e. The maximum Gasteiger partial charge on any atom is 0.346 e. The van der Waals surface area contributed by atoms with E-state index >= 15 is 0 Å². The summed E-state index contributed by atoms with van der Waals surface area (Å²) >= 11 is 13.0. The SMILES string of the molecule is Cc1c(C(=O)O)sc2cc(Cl)cc(Cl)c12. The van der Waals surface area contributed by atoms with Crippen LogP contribution >= 0.6 is 34.5 Å². The van der Waals surface area contributed by atoms with Gasteiger partial charge in [0.15, 0.2) is 0 Å². The average molecular weight is 261 g/mol. The van der Waals surface area contributed by atoms with Crippen molar-refractivity contribution in [2.24, 2.45) is 0 Å². The van der Waals surface area contributed by atoms with Crippen LogP contribution < -0.4 is 0 Å². The minimum absolute atomic E-state index is 0.314. The normalized spacial score (nSPS) is 10.9. The molecule has 5 heteroatoms. The van der Waals surface area contributed by atoms with Crippen LogP contribution in [0.25, 0.3) is 10.1 Å². The lowest BCUT2D eigenvalue weighted by Crippen LogP contribution is -1.93. The lowest BCUT2D eigenvalue weighted by atomic mass is 10.1. The second-order valence-corrected chi connectivity index (χ2v) is 5.02. The molecule has 2 rings (SSSR count). The number of carbonyl (C=O) groups is 1. The highest BCUT2D eigenvalue weighted by Gasteiger charge is 2.16. The Balaban J connectivity index is 2.88. The second kappa shape index (κ2) is 3.67. The third-order valence-electron chi connectivity index (χ3n) is 2.14. The Labute approximate surface area is 100 Å². The Kier molecular flexibility index (Phi) is 2.63. The van der Waals surface area contributed by atoms with E-state index in [-0.39, 0.29) is 0 Å². The van der Waals surface area contributed by atoms with Gasteiger partial charge in [0.05, 0.1) is 5.02 Å². The molecule has 78 valence electrons. The highest BCUT2D eigenvalue weighted by molar-refractivity contribution is 7.21. The number of benzene rings is 1. The number of rotatable bonds is 1. The number of fused-ring (bicyclic) bond motifs is 1. The first-order chi connectivity index (χ1) is 7.00. The van der Waals surface area contributed by atoms with Crippen molar-refractivity contribution in [1.29, 1.82) is 0 Å². The summed E-state index contributed by atoms with van der Waals surface area (Å²) in [5.41, 5.74) is 0.698. The molecule has 0 aliphatic heterocycles. The van der Waals surface area contributed by atoms with Crippen molar-refractivity contribution in [3.8, 4) is 0 Å².